The summed E-state index contributed by atoms with van der Waals surface area (Å²) in [5.41, 5.74) is 1.18. The smallest absolute Gasteiger partial charge is 0.336 e. The minimum atomic E-state index is -0.599. The first-order valence-corrected chi connectivity index (χ1v) is 9.37. The lowest BCUT2D eigenvalue weighted by atomic mass is 10.1. The van der Waals surface area contributed by atoms with Crippen LogP contribution in [0.15, 0.2) is 51.7 Å². The average molecular weight is 409 g/mol. The van der Waals surface area contributed by atoms with Crippen molar-refractivity contribution in [2.45, 2.75) is 20.0 Å². The number of hydrogen-bond donors (Lipinski definition) is 1. The molecular formula is C22H19NO7. The molecular weight excluding hydrogens is 390 g/mol. The van der Waals surface area contributed by atoms with Gasteiger partial charge in [-0.05, 0) is 31.2 Å². The maximum Gasteiger partial charge on any atom is 0.336 e. The van der Waals surface area contributed by atoms with E-state index in [1.165, 1.54) is 17.0 Å². The lowest BCUT2D eigenvalue weighted by Crippen LogP contribution is -2.40. The molecule has 0 saturated carbocycles. The monoisotopic (exact) mass is 409 g/mol. The van der Waals surface area contributed by atoms with Crippen LogP contribution >= 0.6 is 0 Å². The third-order valence-electron chi connectivity index (χ3n) is 4.95. The Balaban J connectivity index is 1.45. The Kier molecular flexibility index (Phi) is 5.14. The normalized spacial score (nSPS) is 13.1. The van der Waals surface area contributed by atoms with Crippen LogP contribution in [0, 0.1) is 6.92 Å². The molecule has 3 aromatic rings. The first-order valence-electron chi connectivity index (χ1n) is 9.37. The second-order valence-electron chi connectivity index (χ2n) is 6.89. The maximum atomic E-state index is 12.3. The predicted octanol–water partition coefficient (Wildman–Crippen LogP) is 2.67. The SMILES string of the molecule is Cc1c(O)ccc2c(COC(=O)CCN3C(=O)COc4ccccc43)cc(=O)oc12. The van der Waals surface area contributed by atoms with Gasteiger partial charge in [0.05, 0.1) is 12.1 Å². The zero-order valence-corrected chi connectivity index (χ0v) is 16.2. The number of phenolic OH excluding ortho intramolecular Hbond substituents is 1. The van der Waals surface area contributed by atoms with Gasteiger partial charge in [0.2, 0.25) is 0 Å². The summed E-state index contributed by atoms with van der Waals surface area (Å²) in [6.45, 7) is 1.58. The van der Waals surface area contributed by atoms with E-state index in [1.807, 2.05) is 6.07 Å². The third-order valence-corrected chi connectivity index (χ3v) is 4.95. The van der Waals surface area contributed by atoms with Gasteiger partial charge in [0.1, 0.15) is 23.7 Å². The van der Waals surface area contributed by atoms with E-state index in [0.717, 1.165) is 0 Å². The molecule has 0 saturated heterocycles. The molecule has 1 amide bonds. The molecule has 8 heteroatoms. The minimum Gasteiger partial charge on any atom is -0.508 e. The van der Waals surface area contributed by atoms with E-state index in [-0.39, 0.29) is 43.4 Å². The van der Waals surface area contributed by atoms with Crippen molar-refractivity contribution >= 4 is 28.5 Å². The molecule has 1 aliphatic heterocycles. The summed E-state index contributed by atoms with van der Waals surface area (Å²) in [4.78, 5) is 37.8. The summed E-state index contributed by atoms with van der Waals surface area (Å²) in [7, 11) is 0. The summed E-state index contributed by atoms with van der Waals surface area (Å²) >= 11 is 0. The summed E-state index contributed by atoms with van der Waals surface area (Å²) in [5, 5.41) is 10.4. The fourth-order valence-corrected chi connectivity index (χ4v) is 3.37. The lowest BCUT2D eigenvalue weighted by molar-refractivity contribution is -0.144. The Bertz CT molecular complexity index is 1200. The highest BCUT2D eigenvalue weighted by Crippen LogP contribution is 2.31. The molecule has 0 bridgehead atoms. The molecule has 2 heterocycles. The minimum absolute atomic E-state index is 0.00949. The number of amides is 1. The highest BCUT2D eigenvalue weighted by atomic mass is 16.5. The van der Waals surface area contributed by atoms with E-state index >= 15 is 0 Å². The van der Waals surface area contributed by atoms with Gasteiger partial charge in [-0.2, -0.15) is 0 Å². The second kappa shape index (κ2) is 7.90. The third kappa shape index (κ3) is 3.71. The van der Waals surface area contributed by atoms with E-state index in [2.05, 4.69) is 0 Å². The van der Waals surface area contributed by atoms with Crippen LogP contribution in [0.2, 0.25) is 0 Å². The van der Waals surface area contributed by atoms with Crippen molar-refractivity contribution in [1.29, 1.82) is 0 Å². The molecule has 0 aliphatic carbocycles. The molecule has 1 aromatic heterocycles. The highest BCUT2D eigenvalue weighted by Gasteiger charge is 2.25. The number of aryl methyl sites for hydroxylation is 1. The van der Waals surface area contributed by atoms with Crippen LogP contribution in [-0.2, 0) is 20.9 Å². The van der Waals surface area contributed by atoms with Gasteiger partial charge in [0.15, 0.2) is 6.61 Å². The Morgan fingerprint density at radius 1 is 1.20 bits per heavy atom. The molecule has 1 N–H and O–H groups in total. The van der Waals surface area contributed by atoms with E-state index < -0.39 is 11.6 Å². The van der Waals surface area contributed by atoms with E-state index in [1.54, 1.807) is 31.2 Å². The number of carbonyl (C=O) groups excluding carboxylic acids is 2. The van der Waals surface area contributed by atoms with Gasteiger partial charge in [0.25, 0.3) is 5.91 Å². The molecule has 0 radical (unpaired) electrons. The number of anilines is 1. The lowest BCUT2D eigenvalue weighted by Gasteiger charge is -2.28. The topological polar surface area (TPSA) is 106 Å². The number of nitrogens with zero attached hydrogens (tertiary/aromatic N) is 1. The van der Waals surface area contributed by atoms with Crippen LogP contribution in [0.3, 0.4) is 0 Å². The Morgan fingerprint density at radius 2 is 2.00 bits per heavy atom. The van der Waals surface area contributed by atoms with Gasteiger partial charge >= 0.3 is 11.6 Å². The van der Waals surface area contributed by atoms with E-state index in [0.29, 0.717) is 28.0 Å². The number of aromatic hydroxyl groups is 1. The summed E-state index contributed by atoms with van der Waals surface area (Å²) < 4.78 is 15.9. The second-order valence-corrected chi connectivity index (χ2v) is 6.89. The predicted molar refractivity (Wildman–Crippen MR) is 108 cm³/mol. The zero-order chi connectivity index (χ0) is 21.3. The van der Waals surface area contributed by atoms with Crippen molar-refractivity contribution in [3.8, 4) is 11.5 Å². The number of ether oxygens (including phenoxy) is 2. The number of para-hydroxylation sites is 2. The molecule has 154 valence electrons. The van der Waals surface area contributed by atoms with Crippen LogP contribution in [0.4, 0.5) is 5.69 Å². The molecule has 30 heavy (non-hydrogen) atoms. The van der Waals surface area contributed by atoms with Crippen molar-refractivity contribution in [2.75, 3.05) is 18.1 Å². The Hall–Kier alpha value is -3.81. The Labute approximate surface area is 171 Å². The first kappa shape index (κ1) is 19.5. The number of fused-ring (bicyclic) bond motifs is 2. The van der Waals surface area contributed by atoms with Crippen molar-refractivity contribution in [2.24, 2.45) is 0 Å². The van der Waals surface area contributed by atoms with Crippen LogP contribution in [0.1, 0.15) is 17.5 Å². The van der Waals surface area contributed by atoms with Crippen molar-refractivity contribution < 1.29 is 28.6 Å². The van der Waals surface area contributed by atoms with Gasteiger partial charge in [-0.3, -0.25) is 9.59 Å². The van der Waals surface area contributed by atoms with Crippen LogP contribution < -0.4 is 15.3 Å². The van der Waals surface area contributed by atoms with Crippen molar-refractivity contribution in [1.82, 2.24) is 0 Å². The van der Waals surface area contributed by atoms with Crippen molar-refractivity contribution in [3.63, 3.8) is 0 Å². The average Bonchev–Trinajstić information content (AvgIpc) is 2.74. The molecule has 0 spiro atoms. The van der Waals surface area contributed by atoms with Crippen LogP contribution in [0.25, 0.3) is 11.0 Å². The maximum absolute atomic E-state index is 12.3. The number of rotatable bonds is 5. The molecule has 8 nitrogen and oxygen atoms in total. The summed E-state index contributed by atoms with van der Waals surface area (Å²) in [5.74, 6) is -0.145. The number of benzene rings is 2. The van der Waals surface area contributed by atoms with Gasteiger partial charge in [-0.15, -0.1) is 0 Å². The van der Waals surface area contributed by atoms with Crippen LogP contribution in [0.5, 0.6) is 11.5 Å². The molecule has 0 atom stereocenters. The first-order chi connectivity index (χ1) is 14.4. The molecule has 0 unspecified atom stereocenters. The van der Waals surface area contributed by atoms with Crippen LogP contribution in [-0.4, -0.2) is 30.1 Å². The molecule has 0 fully saturated rings. The Morgan fingerprint density at radius 3 is 2.83 bits per heavy atom. The number of carbonyl (C=O) groups is 2. The molecule has 2 aromatic carbocycles. The number of esters is 1. The highest BCUT2D eigenvalue weighted by molar-refractivity contribution is 5.98. The quantitative estimate of drug-likeness (QED) is 0.510. The van der Waals surface area contributed by atoms with Gasteiger partial charge in [0, 0.05) is 29.1 Å². The summed E-state index contributed by atoms with van der Waals surface area (Å²) in [6, 6.07) is 11.5. The zero-order valence-electron chi connectivity index (χ0n) is 16.2. The standard InChI is InChI=1S/C22H19NO7/c1-13-17(24)7-6-15-14(10-21(27)30-22(13)15)11-29-20(26)8-9-23-16-4-2-3-5-18(16)28-12-19(23)25/h2-7,10,24H,8-9,11-12H2,1H3. The fraction of sp³-hybridized carbons (Fsp3) is 0.227. The summed E-state index contributed by atoms with van der Waals surface area (Å²) in [6.07, 6.45) is -0.0146. The van der Waals surface area contributed by atoms with Gasteiger partial charge < -0.3 is 23.9 Å². The van der Waals surface area contributed by atoms with Crippen molar-refractivity contribution in [3.05, 3.63) is 64.0 Å². The number of phenols is 1. The van der Waals surface area contributed by atoms with E-state index in [9.17, 15) is 19.5 Å². The fourth-order valence-electron chi connectivity index (χ4n) is 3.37. The van der Waals surface area contributed by atoms with E-state index in [4.69, 9.17) is 13.9 Å². The molecule has 4 rings (SSSR count). The largest absolute Gasteiger partial charge is 0.508 e. The van der Waals surface area contributed by atoms with Gasteiger partial charge in [-0.1, -0.05) is 12.1 Å². The molecule has 1 aliphatic rings. The van der Waals surface area contributed by atoms with Gasteiger partial charge in [-0.25, -0.2) is 4.79 Å². The number of hydrogen-bond acceptors (Lipinski definition) is 7.